The molecule has 0 spiro atoms. The number of esters is 1. The summed E-state index contributed by atoms with van der Waals surface area (Å²) < 4.78 is 16.6. The van der Waals surface area contributed by atoms with E-state index >= 15 is 0 Å². The van der Waals surface area contributed by atoms with E-state index in [0.29, 0.717) is 37.4 Å². The van der Waals surface area contributed by atoms with Gasteiger partial charge in [0.25, 0.3) is 0 Å². The molecule has 0 bridgehead atoms. The molecule has 34 heavy (non-hydrogen) atoms. The van der Waals surface area contributed by atoms with Gasteiger partial charge in [-0.15, -0.1) is 0 Å². The summed E-state index contributed by atoms with van der Waals surface area (Å²) in [4.78, 5) is 33.7. The third kappa shape index (κ3) is 5.27. The van der Waals surface area contributed by atoms with Crippen molar-refractivity contribution in [1.29, 1.82) is 5.26 Å². The third-order valence-corrected chi connectivity index (χ3v) is 6.20. The van der Waals surface area contributed by atoms with E-state index in [4.69, 9.17) is 19.2 Å². The maximum atomic E-state index is 12.8. The van der Waals surface area contributed by atoms with Gasteiger partial charge in [-0.2, -0.15) is 5.26 Å². The van der Waals surface area contributed by atoms with Gasteiger partial charge >= 0.3 is 12.1 Å². The lowest BCUT2D eigenvalue weighted by molar-refractivity contribution is -0.149. The fourth-order valence-electron chi connectivity index (χ4n) is 4.51. The van der Waals surface area contributed by atoms with Crippen molar-refractivity contribution in [2.24, 2.45) is 0 Å². The fourth-order valence-corrected chi connectivity index (χ4v) is 4.51. The smallest absolute Gasteiger partial charge is 0.410 e. The quantitative estimate of drug-likeness (QED) is 0.579. The van der Waals surface area contributed by atoms with E-state index in [1.54, 1.807) is 6.92 Å². The molecule has 2 aliphatic heterocycles. The highest BCUT2D eigenvalue weighted by molar-refractivity contribution is 5.83. The zero-order valence-corrected chi connectivity index (χ0v) is 21.1. The summed E-state index contributed by atoms with van der Waals surface area (Å²) >= 11 is 0. The first-order valence-electron chi connectivity index (χ1n) is 12.1. The van der Waals surface area contributed by atoms with Crippen molar-refractivity contribution in [2.75, 3.05) is 37.7 Å². The predicted octanol–water partition coefficient (Wildman–Crippen LogP) is 3.53. The molecule has 0 aliphatic carbocycles. The Morgan fingerprint density at radius 1 is 1.24 bits per heavy atom. The molecule has 9 nitrogen and oxygen atoms in total. The van der Waals surface area contributed by atoms with Gasteiger partial charge in [-0.25, -0.2) is 14.6 Å². The first kappa shape index (κ1) is 25.8. The molecule has 0 aromatic carbocycles. The SMILES string of the molecule is CCCOC(=O)N1CCN(c2nc(C(C)C)c3c(c2C#N)CC(C)(C)OC3)CC1C(=O)OCC. The standard InChI is InChI=1S/C25H36N4O5/c1-7-11-33-24(31)29-10-9-28(14-20(29)23(30)32-8-2)22-18(13-26)17-12-25(5,6)34-15-19(17)21(27-22)16(3)4/h16,20H,7-12,14-15H2,1-6H3. The largest absolute Gasteiger partial charge is 0.464 e. The number of hydrogen-bond acceptors (Lipinski definition) is 8. The number of amides is 1. The molecular formula is C25H36N4O5. The maximum absolute atomic E-state index is 12.8. The molecule has 1 fully saturated rings. The van der Waals surface area contributed by atoms with Crippen LogP contribution in [0.3, 0.4) is 0 Å². The van der Waals surface area contributed by atoms with Gasteiger partial charge in [-0.1, -0.05) is 20.8 Å². The summed E-state index contributed by atoms with van der Waals surface area (Å²) in [6.45, 7) is 13.6. The maximum Gasteiger partial charge on any atom is 0.410 e. The molecule has 1 amide bonds. The number of nitriles is 1. The van der Waals surface area contributed by atoms with Crippen LogP contribution < -0.4 is 4.90 Å². The van der Waals surface area contributed by atoms with E-state index in [9.17, 15) is 14.9 Å². The van der Waals surface area contributed by atoms with Crippen LogP contribution in [0.15, 0.2) is 0 Å². The minimum atomic E-state index is -0.843. The molecule has 3 rings (SSSR count). The second-order valence-electron chi connectivity index (χ2n) is 9.67. The molecule has 0 N–H and O–H groups in total. The van der Waals surface area contributed by atoms with Crippen LogP contribution in [0.5, 0.6) is 0 Å². The molecule has 1 unspecified atom stereocenters. The highest BCUT2D eigenvalue weighted by Crippen LogP contribution is 2.38. The second-order valence-corrected chi connectivity index (χ2v) is 9.67. The van der Waals surface area contributed by atoms with Gasteiger partial charge in [0.15, 0.2) is 6.04 Å². The zero-order valence-electron chi connectivity index (χ0n) is 21.1. The summed E-state index contributed by atoms with van der Waals surface area (Å²) in [5.74, 6) is 0.200. The number of nitrogens with zero attached hydrogens (tertiary/aromatic N) is 4. The Hall–Kier alpha value is -2.86. The number of hydrogen-bond donors (Lipinski definition) is 0. The van der Waals surface area contributed by atoms with Gasteiger partial charge in [0.2, 0.25) is 0 Å². The van der Waals surface area contributed by atoms with Crippen LogP contribution in [0.2, 0.25) is 0 Å². The second kappa shape index (κ2) is 10.6. The van der Waals surface area contributed by atoms with E-state index in [1.807, 2.05) is 25.7 Å². The van der Waals surface area contributed by atoms with E-state index in [0.717, 1.165) is 16.8 Å². The van der Waals surface area contributed by atoms with Crippen LogP contribution in [0.25, 0.3) is 0 Å². The Labute approximate surface area is 202 Å². The molecule has 3 heterocycles. The number of pyridine rings is 1. The Kier molecular flexibility index (Phi) is 8.03. The number of anilines is 1. The lowest BCUT2D eigenvalue weighted by Gasteiger charge is -2.41. The fraction of sp³-hybridized carbons (Fsp3) is 0.680. The summed E-state index contributed by atoms with van der Waals surface area (Å²) in [7, 11) is 0. The van der Waals surface area contributed by atoms with Crippen LogP contribution in [0.1, 0.15) is 76.3 Å². The third-order valence-electron chi connectivity index (χ3n) is 6.20. The molecular weight excluding hydrogens is 436 g/mol. The summed E-state index contributed by atoms with van der Waals surface area (Å²) in [6, 6.07) is 1.53. The number of piperazine rings is 1. The van der Waals surface area contributed by atoms with Crippen molar-refractivity contribution < 1.29 is 23.8 Å². The lowest BCUT2D eigenvalue weighted by atomic mass is 9.86. The highest BCUT2D eigenvalue weighted by atomic mass is 16.6. The molecule has 1 atom stereocenters. The van der Waals surface area contributed by atoms with E-state index < -0.39 is 18.1 Å². The molecule has 1 saturated heterocycles. The summed E-state index contributed by atoms with van der Waals surface area (Å²) in [5, 5.41) is 10.2. The Morgan fingerprint density at radius 3 is 2.59 bits per heavy atom. The first-order chi connectivity index (χ1) is 16.1. The molecule has 1 aromatic heterocycles. The minimum Gasteiger partial charge on any atom is -0.464 e. The average Bonchev–Trinajstić information content (AvgIpc) is 2.80. The van der Waals surface area contributed by atoms with Gasteiger partial charge < -0.3 is 19.1 Å². The van der Waals surface area contributed by atoms with Gasteiger partial charge in [0, 0.05) is 25.1 Å². The van der Waals surface area contributed by atoms with Crippen LogP contribution in [-0.2, 0) is 32.0 Å². The van der Waals surface area contributed by atoms with E-state index in [-0.39, 0.29) is 37.8 Å². The first-order valence-corrected chi connectivity index (χ1v) is 12.1. The normalized spacial score (nSPS) is 19.4. The average molecular weight is 473 g/mol. The van der Waals surface area contributed by atoms with E-state index in [2.05, 4.69) is 19.9 Å². The minimum absolute atomic E-state index is 0.135. The number of fused-ring (bicyclic) bond motifs is 1. The topological polar surface area (TPSA) is 105 Å². The monoisotopic (exact) mass is 472 g/mol. The molecule has 0 radical (unpaired) electrons. The van der Waals surface area contributed by atoms with Crippen LogP contribution in [-0.4, -0.2) is 66.4 Å². The van der Waals surface area contributed by atoms with Gasteiger partial charge in [-0.3, -0.25) is 4.90 Å². The van der Waals surface area contributed by atoms with Crippen molar-refractivity contribution >= 4 is 17.9 Å². The van der Waals surface area contributed by atoms with Gasteiger partial charge in [0.1, 0.15) is 11.9 Å². The molecule has 1 aromatic rings. The highest BCUT2D eigenvalue weighted by Gasteiger charge is 2.40. The van der Waals surface area contributed by atoms with Crippen molar-refractivity contribution in [3.8, 4) is 6.07 Å². The van der Waals surface area contributed by atoms with Gasteiger partial charge in [0.05, 0.1) is 43.2 Å². The van der Waals surface area contributed by atoms with Crippen LogP contribution in [0, 0.1) is 11.3 Å². The van der Waals surface area contributed by atoms with Crippen LogP contribution >= 0.6 is 0 Å². The number of ether oxygens (including phenoxy) is 3. The summed E-state index contributed by atoms with van der Waals surface area (Å²) in [6.07, 6.45) is 0.768. The Bertz CT molecular complexity index is 969. The Morgan fingerprint density at radius 2 is 1.97 bits per heavy atom. The molecule has 186 valence electrons. The van der Waals surface area contributed by atoms with Crippen molar-refractivity contribution in [1.82, 2.24) is 9.88 Å². The number of aromatic nitrogens is 1. The number of rotatable bonds is 6. The Balaban J connectivity index is 2.02. The van der Waals surface area contributed by atoms with Gasteiger partial charge in [-0.05, 0) is 38.7 Å². The lowest BCUT2D eigenvalue weighted by Crippen LogP contribution is -2.59. The van der Waals surface area contributed by atoms with Crippen molar-refractivity contribution in [2.45, 2.75) is 78.6 Å². The summed E-state index contributed by atoms with van der Waals surface area (Å²) in [5.41, 5.74) is 2.97. The molecule has 9 heteroatoms. The number of carbonyl (C=O) groups is 2. The van der Waals surface area contributed by atoms with Crippen molar-refractivity contribution in [3.05, 3.63) is 22.4 Å². The molecule has 2 aliphatic rings. The van der Waals surface area contributed by atoms with Crippen molar-refractivity contribution in [3.63, 3.8) is 0 Å². The number of carbonyl (C=O) groups excluding carboxylic acids is 2. The zero-order chi connectivity index (χ0) is 25.0. The van der Waals surface area contributed by atoms with E-state index in [1.165, 1.54) is 4.90 Å². The predicted molar refractivity (Wildman–Crippen MR) is 127 cm³/mol. The van der Waals surface area contributed by atoms with Crippen LogP contribution in [0.4, 0.5) is 10.6 Å². The molecule has 0 saturated carbocycles.